The molecule has 0 bridgehead atoms. The van der Waals surface area contributed by atoms with E-state index in [0.29, 0.717) is 17.9 Å². The van der Waals surface area contributed by atoms with E-state index in [4.69, 9.17) is 21.8 Å². The summed E-state index contributed by atoms with van der Waals surface area (Å²) in [6.45, 7) is 1.96. The van der Waals surface area contributed by atoms with Gasteiger partial charge in [0.25, 0.3) is 5.91 Å². The van der Waals surface area contributed by atoms with Gasteiger partial charge in [0, 0.05) is 29.8 Å². The summed E-state index contributed by atoms with van der Waals surface area (Å²) in [7, 11) is 0. The first kappa shape index (κ1) is 14.9. The fourth-order valence-corrected chi connectivity index (χ4v) is 2.85. The van der Waals surface area contributed by atoms with Crippen LogP contribution in [0.1, 0.15) is 22.5 Å². The summed E-state index contributed by atoms with van der Waals surface area (Å²) in [6.07, 6.45) is 2.35. The smallest absolute Gasteiger partial charge is 0.254 e. The van der Waals surface area contributed by atoms with Crippen LogP contribution in [-0.2, 0) is 6.54 Å². The minimum absolute atomic E-state index is 0.114. The summed E-state index contributed by atoms with van der Waals surface area (Å²) in [5.41, 5.74) is 7.08. The molecule has 3 N–H and O–H groups in total. The maximum Gasteiger partial charge on any atom is 0.254 e. The molecule has 0 spiro atoms. The van der Waals surface area contributed by atoms with Gasteiger partial charge in [-0.05, 0) is 30.7 Å². The Morgan fingerprint density at radius 1 is 1.45 bits per heavy atom. The lowest BCUT2D eigenvalue weighted by Crippen LogP contribution is -2.36. The van der Waals surface area contributed by atoms with Gasteiger partial charge in [-0.25, -0.2) is 0 Å². The number of amides is 1. The molecule has 1 aromatic heterocycles. The molecule has 116 valence electrons. The van der Waals surface area contributed by atoms with E-state index >= 15 is 0 Å². The van der Waals surface area contributed by atoms with Crippen LogP contribution in [0, 0.1) is 0 Å². The molecule has 0 saturated carbocycles. The molecule has 1 aromatic carbocycles. The number of nitrogens with two attached hydrogens (primary N) is 1. The molecule has 6 heteroatoms. The monoisotopic (exact) mass is 319 g/mol. The molecule has 2 aromatic rings. The molecule has 1 aliphatic heterocycles. The van der Waals surface area contributed by atoms with E-state index in [9.17, 15) is 4.79 Å². The Balaban J connectivity index is 1.60. The number of carbonyl (C=O) groups is 1. The Bertz CT molecular complexity index is 671. The molecule has 1 fully saturated rings. The number of rotatable bonds is 4. The standard InChI is InChI=1S/C16H18ClN3O2/c17-12-2-1-3-14(7-12)20-5-4-13(9-20)19-16(21)11-6-15(8-18)22-10-11/h1-3,6-7,10,13H,4-5,8-9,18H2,(H,19,21). The Hall–Kier alpha value is -1.98. The zero-order valence-corrected chi connectivity index (χ0v) is 12.8. The average molecular weight is 320 g/mol. The minimum atomic E-state index is -0.124. The highest BCUT2D eigenvalue weighted by Crippen LogP contribution is 2.23. The number of hydrogen-bond acceptors (Lipinski definition) is 4. The van der Waals surface area contributed by atoms with Crippen LogP contribution in [0.4, 0.5) is 5.69 Å². The van der Waals surface area contributed by atoms with Gasteiger partial charge in [-0.1, -0.05) is 17.7 Å². The van der Waals surface area contributed by atoms with Crippen LogP contribution in [0.15, 0.2) is 41.0 Å². The van der Waals surface area contributed by atoms with Crippen LogP contribution in [0.3, 0.4) is 0 Å². The summed E-state index contributed by atoms with van der Waals surface area (Å²) in [5.74, 6) is 0.485. The second-order valence-corrected chi connectivity index (χ2v) is 5.83. The predicted octanol–water partition coefficient (Wildman–Crippen LogP) is 2.40. The lowest BCUT2D eigenvalue weighted by atomic mass is 10.2. The second-order valence-electron chi connectivity index (χ2n) is 5.39. The first-order valence-corrected chi connectivity index (χ1v) is 7.62. The first-order valence-electron chi connectivity index (χ1n) is 7.24. The molecule has 0 aliphatic carbocycles. The molecule has 22 heavy (non-hydrogen) atoms. The van der Waals surface area contributed by atoms with E-state index in [0.717, 1.165) is 30.2 Å². The minimum Gasteiger partial charge on any atom is -0.467 e. The Kier molecular flexibility index (Phi) is 4.36. The number of halogens is 1. The van der Waals surface area contributed by atoms with Crippen LogP contribution in [0.25, 0.3) is 0 Å². The molecular formula is C16H18ClN3O2. The molecule has 1 aliphatic rings. The zero-order valence-electron chi connectivity index (χ0n) is 12.1. The Labute approximate surface area is 134 Å². The third-order valence-corrected chi connectivity index (χ3v) is 4.05. The van der Waals surface area contributed by atoms with E-state index in [2.05, 4.69) is 10.2 Å². The summed E-state index contributed by atoms with van der Waals surface area (Å²) < 4.78 is 5.19. The van der Waals surface area contributed by atoms with Gasteiger partial charge in [-0.15, -0.1) is 0 Å². The van der Waals surface area contributed by atoms with E-state index in [1.54, 1.807) is 6.07 Å². The largest absolute Gasteiger partial charge is 0.467 e. The Morgan fingerprint density at radius 3 is 3.05 bits per heavy atom. The van der Waals surface area contributed by atoms with E-state index in [1.807, 2.05) is 24.3 Å². The fraction of sp³-hybridized carbons (Fsp3) is 0.312. The van der Waals surface area contributed by atoms with Gasteiger partial charge < -0.3 is 20.4 Å². The van der Waals surface area contributed by atoms with Crippen molar-refractivity contribution in [1.82, 2.24) is 5.32 Å². The normalized spacial score (nSPS) is 17.7. The second kappa shape index (κ2) is 6.42. The number of nitrogens with one attached hydrogen (secondary N) is 1. The van der Waals surface area contributed by atoms with Crippen molar-refractivity contribution in [1.29, 1.82) is 0 Å². The van der Waals surface area contributed by atoms with Gasteiger partial charge in [0.05, 0.1) is 12.1 Å². The predicted molar refractivity (Wildman–Crippen MR) is 86.1 cm³/mol. The quantitative estimate of drug-likeness (QED) is 0.907. The Morgan fingerprint density at radius 2 is 2.32 bits per heavy atom. The maximum atomic E-state index is 12.2. The molecule has 5 nitrogen and oxygen atoms in total. The molecule has 1 unspecified atom stereocenters. The van der Waals surface area contributed by atoms with Crippen LogP contribution >= 0.6 is 11.6 Å². The van der Waals surface area contributed by atoms with Crippen molar-refractivity contribution in [2.24, 2.45) is 5.73 Å². The van der Waals surface area contributed by atoms with Crippen LogP contribution in [0.5, 0.6) is 0 Å². The zero-order chi connectivity index (χ0) is 15.5. The molecule has 1 amide bonds. The van der Waals surface area contributed by atoms with Crippen LogP contribution < -0.4 is 16.0 Å². The first-order chi connectivity index (χ1) is 10.7. The van der Waals surface area contributed by atoms with E-state index in [1.165, 1.54) is 6.26 Å². The summed E-state index contributed by atoms with van der Waals surface area (Å²) in [6, 6.07) is 9.55. The number of furan rings is 1. The number of anilines is 1. The summed E-state index contributed by atoms with van der Waals surface area (Å²) in [5, 5.41) is 3.75. The SMILES string of the molecule is NCc1cc(C(=O)NC2CCN(c3cccc(Cl)c3)C2)co1. The molecule has 3 rings (SSSR count). The van der Waals surface area contributed by atoms with Gasteiger partial charge in [-0.3, -0.25) is 4.79 Å². The topological polar surface area (TPSA) is 71.5 Å². The van der Waals surface area contributed by atoms with Gasteiger partial charge in [0.1, 0.15) is 12.0 Å². The number of carbonyl (C=O) groups excluding carboxylic acids is 1. The molecular weight excluding hydrogens is 302 g/mol. The highest BCUT2D eigenvalue weighted by Gasteiger charge is 2.25. The van der Waals surface area contributed by atoms with Crippen molar-refractivity contribution < 1.29 is 9.21 Å². The maximum absolute atomic E-state index is 12.2. The lowest BCUT2D eigenvalue weighted by Gasteiger charge is -2.19. The molecule has 2 heterocycles. The summed E-state index contributed by atoms with van der Waals surface area (Å²) >= 11 is 6.02. The number of nitrogens with zero attached hydrogens (tertiary/aromatic N) is 1. The van der Waals surface area contributed by atoms with Gasteiger partial charge in [0.2, 0.25) is 0 Å². The van der Waals surface area contributed by atoms with Crippen LogP contribution in [0.2, 0.25) is 5.02 Å². The van der Waals surface area contributed by atoms with Gasteiger partial charge >= 0.3 is 0 Å². The number of hydrogen-bond donors (Lipinski definition) is 2. The van der Waals surface area contributed by atoms with Gasteiger partial charge in [0.15, 0.2) is 0 Å². The van der Waals surface area contributed by atoms with Crippen molar-refractivity contribution in [3.63, 3.8) is 0 Å². The highest BCUT2D eigenvalue weighted by molar-refractivity contribution is 6.30. The molecule has 0 radical (unpaired) electrons. The van der Waals surface area contributed by atoms with Gasteiger partial charge in [-0.2, -0.15) is 0 Å². The van der Waals surface area contributed by atoms with E-state index in [-0.39, 0.29) is 11.9 Å². The number of benzene rings is 1. The lowest BCUT2D eigenvalue weighted by molar-refractivity contribution is 0.0940. The third-order valence-electron chi connectivity index (χ3n) is 3.81. The van der Waals surface area contributed by atoms with Crippen molar-refractivity contribution in [2.45, 2.75) is 19.0 Å². The fourth-order valence-electron chi connectivity index (χ4n) is 2.66. The van der Waals surface area contributed by atoms with Crippen molar-refractivity contribution in [3.8, 4) is 0 Å². The van der Waals surface area contributed by atoms with Crippen molar-refractivity contribution >= 4 is 23.2 Å². The van der Waals surface area contributed by atoms with Crippen molar-refractivity contribution in [3.05, 3.63) is 52.9 Å². The van der Waals surface area contributed by atoms with E-state index < -0.39 is 0 Å². The molecule has 1 saturated heterocycles. The highest BCUT2D eigenvalue weighted by atomic mass is 35.5. The average Bonchev–Trinajstić information content (AvgIpc) is 3.16. The third kappa shape index (κ3) is 3.26. The van der Waals surface area contributed by atoms with Crippen molar-refractivity contribution in [2.75, 3.05) is 18.0 Å². The van der Waals surface area contributed by atoms with Crippen LogP contribution in [-0.4, -0.2) is 25.0 Å². The summed E-state index contributed by atoms with van der Waals surface area (Å²) in [4.78, 5) is 14.4. The molecule has 1 atom stereocenters.